The first-order valence-corrected chi connectivity index (χ1v) is 6.45. The Kier molecular flexibility index (Phi) is 4.36. The van der Waals surface area contributed by atoms with E-state index in [9.17, 15) is 19.1 Å². The van der Waals surface area contributed by atoms with Gasteiger partial charge in [0, 0.05) is 13.0 Å². The van der Waals surface area contributed by atoms with Gasteiger partial charge in [0.25, 0.3) is 5.56 Å². The van der Waals surface area contributed by atoms with Gasteiger partial charge in [-0.05, 0) is 6.42 Å². The van der Waals surface area contributed by atoms with Crippen LogP contribution in [0.25, 0.3) is 0 Å². The highest BCUT2D eigenvalue weighted by Crippen LogP contribution is 2.27. The summed E-state index contributed by atoms with van der Waals surface area (Å²) in [5.74, 6) is -1.05. The third-order valence-corrected chi connectivity index (χ3v) is 3.30. The van der Waals surface area contributed by atoms with Crippen LogP contribution in [0.3, 0.4) is 0 Å². The molecule has 0 amide bonds. The van der Waals surface area contributed by atoms with Crippen molar-refractivity contribution < 1.29 is 19.3 Å². The van der Waals surface area contributed by atoms with Crippen LogP contribution in [0.2, 0.25) is 0 Å². The first kappa shape index (κ1) is 14.9. The number of aliphatic hydroxyl groups excluding tert-OH is 2. The Balaban J connectivity index is 2.43. The second-order valence-electron chi connectivity index (χ2n) is 4.74. The molecular formula is C12H17FN2O5. The summed E-state index contributed by atoms with van der Waals surface area (Å²) in [5, 5.41) is 18.7. The molecule has 1 aromatic heterocycles. The van der Waals surface area contributed by atoms with Gasteiger partial charge in [0.2, 0.25) is 5.82 Å². The topological polar surface area (TPSA) is 93.7 Å². The molecule has 2 heterocycles. The van der Waals surface area contributed by atoms with Crippen molar-refractivity contribution in [1.29, 1.82) is 0 Å². The second kappa shape index (κ2) is 5.86. The maximum atomic E-state index is 13.6. The van der Waals surface area contributed by atoms with Crippen LogP contribution in [0, 0.1) is 5.82 Å². The molecule has 1 aliphatic heterocycles. The van der Waals surface area contributed by atoms with E-state index in [1.165, 1.54) is 0 Å². The van der Waals surface area contributed by atoms with Crippen LogP contribution in [0.4, 0.5) is 4.39 Å². The Morgan fingerprint density at radius 3 is 2.75 bits per heavy atom. The van der Waals surface area contributed by atoms with Gasteiger partial charge in [-0.1, -0.05) is 6.92 Å². The van der Waals surface area contributed by atoms with Gasteiger partial charge in [0.15, 0.2) is 0 Å². The highest BCUT2D eigenvalue weighted by atomic mass is 19.1. The van der Waals surface area contributed by atoms with Crippen LogP contribution in [0.15, 0.2) is 15.8 Å². The molecule has 112 valence electrons. The molecule has 0 bridgehead atoms. The minimum Gasteiger partial charge on any atom is -0.394 e. The average Bonchev–Trinajstić information content (AvgIpc) is 2.80. The Hall–Kier alpha value is -1.51. The smallest absolute Gasteiger partial charge is 0.333 e. The van der Waals surface area contributed by atoms with Crippen LogP contribution in [-0.2, 0) is 11.3 Å². The van der Waals surface area contributed by atoms with E-state index < -0.39 is 42.1 Å². The summed E-state index contributed by atoms with van der Waals surface area (Å²) in [6.07, 6.45) is -1.31. The molecule has 7 nitrogen and oxygen atoms in total. The maximum absolute atomic E-state index is 13.6. The molecule has 1 fully saturated rings. The largest absolute Gasteiger partial charge is 0.394 e. The molecule has 0 spiro atoms. The molecule has 2 rings (SSSR count). The lowest BCUT2D eigenvalue weighted by Gasteiger charge is -2.16. The van der Waals surface area contributed by atoms with Crippen LogP contribution >= 0.6 is 0 Å². The standard InChI is InChI=1S/C12H17FN2O5/c1-2-3-14-11(18)7(13)5-15(12(14)19)10-4-8(17)9(6-16)20-10/h5,8-10,16-17H,2-4,6H2,1H3/t8-,9+,10+/m0/s1. The first-order valence-electron chi connectivity index (χ1n) is 6.45. The lowest BCUT2D eigenvalue weighted by atomic mass is 10.2. The monoisotopic (exact) mass is 288 g/mol. The summed E-state index contributed by atoms with van der Waals surface area (Å²) in [4.78, 5) is 23.7. The van der Waals surface area contributed by atoms with Gasteiger partial charge in [-0.25, -0.2) is 4.79 Å². The van der Waals surface area contributed by atoms with Gasteiger partial charge >= 0.3 is 5.69 Å². The normalized spacial score (nSPS) is 26.1. The van der Waals surface area contributed by atoms with E-state index in [2.05, 4.69) is 0 Å². The molecule has 0 aromatic carbocycles. The predicted molar refractivity (Wildman–Crippen MR) is 66.8 cm³/mol. The molecule has 20 heavy (non-hydrogen) atoms. The van der Waals surface area contributed by atoms with Gasteiger partial charge in [0.1, 0.15) is 12.3 Å². The van der Waals surface area contributed by atoms with Crippen LogP contribution in [0.5, 0.6) is 0 Å². The van der Waals surface area contributed by atoms with E-state index in [0.29, 0.717) is 6.42 Å². The molecular weight excluding hydrogens is 271 g/mol. The Morgan fingerprint density at radius 2 is 2.20 bits per heavy atom. The fraction of sp³-hybridized carbons (Fsp3) is 0.667. The van der Waals surface area contributed by atoms with E-state index in [1.54, 1.807) is 6.92 Å². The van der Waals surface area contributed by atoms with Crippen LogP contribution < -0.4 is 11.2 Å². The Labute approximate surface area is 113 Å². The van der Waals surface area contributed by atoms with Gasteiger partial charge in [-0.3, -0.25) is 13.9 Å². The molecule has 0 saturated carbocycles. The third-order valence-electron chi connectivity index (χ3n) is 3.30. The minimum absolute atomic E-state index is 0.0505. The molecule has 0 radical (unpaired) electrons. The van der Waals surface area contributed by atoms with Gasteiger partial charge in [-0.2, -0.15) is 4.39 Å². The van der Waals surface area contributed by atoms with E-state index in [0.717, 1.165) is 15.3 Å². The number of hydrogen-bond donors (Lipinski definition) is 2. The molecule has 1 aliphatic rings. The summed E-state index contributed by atoms with van der Waals surface area (Å²) in [6.45, 7) is 1.47. The number of halogens is 1. The quantitative estimate of drug-likeness (QED) is 0.756. The Bertz CT molecular complexity index is 596. The van der Waals surface area contributed by atoms with E-state index >= 15 is 0 Å². The first-order chi connectivity index (χ1) is 9.49. The van der Waals surface area contributed by atoms with E-state index in [1.807, 2.05) is 0 Å². The predicted octanol–water partition coefficient (Wildman–Crippen LogP) is -0.800. The Morgan fingerprint density at radius 1 is 1.50 bits per heavy atom. The fourth-order valence-electron chi connectivity index (χ4n) is 2.27. The number of aromatic nitrogens is 2. The van der Waals surface area contributed by atoms with Gasteiger partial charge in [-0.15, -0.1) is 0 Å². The number of hydrogen-bond acceptors (Lipinski definition) is 5. The third kappa shape index (κ3) is 2.54. The van der Waals surface area contributed by atoms with Gasteiger partial charge < -0.3 is 14.9 Å². The van der Waals surface area contributed by atoms with Crippen molar-refractivity contribution in [3.63, 3.8) is 0 Å². The van der Waals surface area contributed by atoms with Gasteiger partial charge in [0.05, 0.1) is 18.9 Å². The highest BCUT2D eigenvalue weighted by Gasteiger charge is 2.35. The van der Waals surface area contributed by atoms with Crippen molar-refractivity contribution in [3.05, 3.63) is 32.9 Å². The number of aliphatic hydroxyl groups is 2. The summed E-state index contributed by atoms with van der Waals surface area (Å²) in [5.41, 5.74) is -1.65. The van der Waals surface area contributed by atoms with Crippen LogP contribution in [0.1, 0.15) is 26.0 Å². The number of ether oxygens (including phenoxy) is 1. The molecule has 8 heteroatoms. The minimum atomic E-state index is -1.05. The maximum Gasteiger partial charge on any atom is 0.333 e. The summed E-state index contributed by atoms with van der Waals surface area (Å²) < 4.78 is 20.7. The zero-order valence-electron chi connectivity index (χ0n) is 11.0. The summed E-state index contributed by atoms with van der Waals surface area (Å²) in [7, 11) is 0. The van der Waals surface area contributed by atoms with E-state index in [-0.39, 0.29) is 13.0 Å². The lowest BCUT2D eigenvalue weighted by Crippen LogP contribution is -2.42. The fourth-order valence-corrected chi connectivity index (χ4v) is 2.27. The van der Waals surface area contributed by atoms with Crippen molar-refractivity contribution in [1.82, 2.24) is 9.13 Å². The summed E-state index contributed by atoms with van der Waals surface area (Å²) in [6, 6.07) is 0. The SMILES string of the molecule is CCCn1c(=O)c(F)cn([C@H]2C[C@H](O)[C@@H](CO)O2)c1=O. The lowest BCUT2D eigenvalue weighted by molar-refractivity contribution is -0.0466. The van der Waals surface area contributed by atoms with Crippen molar-refractivity contribution in [2.45, 2.75) is 44.7 Å². The zero-order valence-corrected chi connectivity index (χ0v) is 11.0. The number of nitrogens with zero attached hydrogens (tertiary/aromatic N) is 2. The average molecular weight is 288 g/mol. The van der Waals surface area contributed by atoms with Crippen molar-refractivity contribution in [2.24, 2.45) is 0 Å². The molecule has 1 saturated heterocycles. The van der Waals surface area contributed by atoms with Crippen molar-refractivity contribution >= 4 is 0 Å². The molecule has 0 aliphatic carbocycles. The molecule has 1 aromatic rings. The molecule has 0 unspecified atom stereocenters. The van der Waals surface area contributed by atoms with Crippen molar-refractivity contribution in [3.8, 4) is 0 Å². The van der Waals surface area contributed by atoms with E-state index in [4.69, 9.17) is 9.84 Å². The molecule has 2 N–H and O–H groups in total. The highest BCUT2D eigenvalue weighted by molar-refractivity contribution is 4.93. The summed E-state index contributed by atoms with van der Waals surface area (Å²) >= 11 is 0. The zero-order chi connectivity index (χ0) is 14.9. The van der Waals surface area contributed by atoms with Crippen molar-refractivity contribution in [2.75, 3.05) is 6.61 Å². The van der Waals surface area contributed by atoms with Crippen LogP contribution in [-0.4, -0.2) is 38.2 Å². The second-order valence-corrected chi connectivity index (χ2v) is 4.74. The molecule has 3 atom stereocenters. The number of rotatable bonds is 4.